The van der Waals surface area contributed by atoms with Crippen LogP contribution in [0.4, 0.5) is 10.5 Å². The average Bonchev–Trinajstić information content (AvgIpc) is 2.28. The number of nitrogens with one attached hydrogen (secondary N) is 2. The molecule has 0 saturated heterocycles. The first-order chi connectivity index (χ1) is 7.72. The molecule has 2 amide bonds. The summed E-state index contributed by atoms with van der Waals surface area (Å²) in [7, 11) is 0. The molecule has 88 valence electrons. The Morgan fingerprint density at radius 2 is 1.94 bits per heavy atom. The number of benzene rings is 1. The third kappa shape index (κ3) is 5.03. The minimum atomic E-state index is -0.168. The van der Waals surface area contributed by atoms with E-state index in [1.54, 1.807) is 24.3 Å². The number of carbonyl (C=O) groups is 1. The van der Waals surface area contributed by atoms with Crippen LogP contribution in [-0.2, 0) is 0 Å². The highest BCUT2D eigenvalue weighted by molar-refractivity contribution is 6.30. The number of carbonyl (C=O) groups excluding carboxylic acids is 1. The summed E-state index contributed by atoms with van der Waals surface area (Å²) in [5.74, 6) is 0. The zero-order valence-electron chi connectivity index (χ0n) is 9.42. The van der Waals surface area contributed by atoms with Crippen molar-refractivity contribution in [3.8, 4) is 0 Å². The molecule has 0 spiro atoms. The second-order valence-corrected chi connectivity index (χ2v) is 4.03. The number of amides is 2. The molecular formula is C12H17ClN2O. The highest BCUT2D eigenvalue weighted by Gasteiger charge is 1.99. The van der Waals surface area contributed by atoms with Gasteiger partial charge in [-0.1, -0.05) is 31.4 Å². The van der Waals surface area contributed by atoms with Crippen molar-refractivity contribution in [1.29, 1.82) is 0 Å². The van der Waals surface area contributed by atoms with Gasteiger partial charge in [0.1, 0.15) is 0 Å². The summed E-state index contributed by atoms with van der Waals surface area (Å²) >= 11 is 5.74. The van der Waals surface area contributed by atoms with Gasteiger partial charge < -0.3 is 10.6 Å². The Kier molecular flexibility index (Phi) is 5.72. The quantitative estimate of drug-likeness (QED) is 0.758. The Labute approximate surface area is 101 Å². The van der Waals surface area contributed by atoms with Crippen molar-refractivity contribution >= 4 is 23.3 Å². The second kappa shape index (κ2) is 7.12. The van der Waals surface area contributed by atoms with Crippen LogP contribution in [0.5, 0.6) is 0 Å². The van der Waals surface area contributed by atoms with Gasteiger partial charge in [-0.05, 0) is 30.7 Å². The SMILES string of the molecule is CCCCCNC(=O)Nc1ccc(Cl)cc1. The van der Waals surface area contributed by atoms with Crippen molar-refractivity contribution in [3.05, 3.63) is 29.3 Å². The molecule has 0 saturated carbocycles. The lowest BCUT2D eigenvalue weighted by atomic mass is 10.2. The molecule has 4 heteroatoms. The smallest absolute Gasteiger partial charge is 0.319 e. The fourth-order valence-electron chi connectivity index (χ4n) is 1.29. The molecule has 3 nitrogen and oxygen atoms in total. The van der Waals surface area contributed by atoms with Gasteiger partial charge in [0, 0.05) is 17.3 Å². The molecule has 0 aromatic heterocycles. The lowest BCUT2D eigenvalue weighted by Gasteiger charge is -2.07. The fourth-order valence-corrected chi connectivity index (χ4v) is 1.41. The third-order valence-corrected chi connectivity index (χ3v) is 2.42. The predicted octanol–water partition coefficient (Wildman–Crippen LogP) is 3.65. The summed E-state index contributed by atoms with van der Waals surface area (Å²) in [6.45, 7) is 2.85. The maximum atomic E-state index is 11.4. The van der Waals surface area contributed by atoms with Gasteiger partial charge in [0.15, 0.2) is 0 Å². The summed E-state index contributed by atoms with van der Waals surface area (Å²) in [5.41, 5.74) is 0.748. The summed E-state index contributed by atoms with van der Waals surface area (Å²) in [6.07, 6.45) is 3.31. The Balaban J connectivity index is 2.26. The number of anilines is 1. The van der Waals surface area contributed by atoms with Crippen molar-refractivity contribution in [2.75, 3.05) is 11.9 Å². The maximum absolute atomic E-state index is 11.4. The first-order valence-corrected chi connectivity index (χ1v) is 5.90. The molecule has 0 unspecified atom stereocenters. The van der Waals surface area contributed by atoms with E-state index in [-0.39, 0.29) is 6.03 Å². The molecule has 2 N–H and O–H groups in total. The number of unbranched alkanes of at least 4 members (excludes halogenated alkanes) is 2. The normalized spacial score (nSPS) is 9.88. The van der Waals surface area contributed by atoms with E-state index in [0.29, 0.717) is 11.6 Å². The number of urea groups is 1. The summed E-state index contributed by atoms with van der Waals surface area (Å²) in [5, 5.41) is 6.20. The van der Waals surface area contributed by atoms with Gasteiger partial charge >= 0.3 is 6.03 Å². The summed E-state index contributed by atoms with van der Waals surface area (Å²) < 4.78 is 0. The van der Waals surface area contributed by atoms with Crippen LogP contribution < -0.4 is 10.6 Å². The van der Waals surface area contributed by atoms with Crippen LogP contribution in [0.3, 0.4) is 0 Å². The zero-order valence-corrected chi connectivity index (χ0v) is 10.2. The Bertz CT molecular complexity index is 324. The van der Waals surface area contributed by atoms with Gasteiger partial charge in [-0.15, -0.1) is 0 Å². The molecule has 0 fully saturated rings. The standard InChI is InChI=1S/C12H17ClN2O/c1-2-3-4-9-14-12(16)15-11-7-5-10(13)6-8-11/h5-8H,2-4,9H2,1H3,(H2,14,15,16). The molecule has 0 aliphatic carbocycles. The number of hydrogen-bond donors (Lipinski definition) is 2. The Morgan fingerprint density at radius 1 is 1.25 bits per heavy atom. The number of halogens is 1. The largest absolute Gasteiger partial charge is 0.338 e. The van der Waals surface area contributed by atoms with Crippen LogP contribution in [-0.4, -0.2) is 12.6 Å². The number of hydrogen-bond acceptors (Lipinski definition) is 1. The van der Waals surface area contributed by atoms with Crippen molar-refractivity contribution in [1.82, 2.24) is 5.32 Å². The van der Waals surface area contributed by atoms with Crippen molar-refractivity contribution in [2.45, 2.75) is 26.2 Å². The van der Waals surface area contributed by atoms with Gasteiger partial charge in [0.2, 0.25) is 0 Å². The minimum absolute atomic E-state index is 0.168. The lowest BCUT2D eigenvalue weighted by Crippen LogP contribution is -2.29. The topological polar surface area (TPSA) is 41.1 Å². The summed E-state index contributed by atoms with van der Waals surface area (Å²) in [4.78, 5) is 11.4. The predicted molar refractivity (Wildman–Crippen MR) is 68.0 cm³/mol. The van der Waals surface area contributed by atoms with Crippen LogP contribution in [0, 0.1) is 0 Å². The van der Waals surface area contributed by atoms with E-state index in [1.807, 2.05) is 0 Å². The molecule has 0 aliphatic heterocycles. The van der Waals surface area contributed by atoms with Gasteiger partial charge in [-0.3, -0.25) is 0 Å². The third-order valence-electron chi connectivity index (χ3n) is 2.17. The van der Waals surface area contributed by atoms with Crippen LogP contribution in [0.1, 0.15) is 26.2 Å². The molecule has 0 heterocycles. The van der Waals surface area contributed by atoms with Gasteiger partial charge in [-0.25, -0.2) is 4.79 Å². The Morgan fingerprint density at radius 3 is 2.56 bits per heavy atom. The van der Waals surface area contributed by atoms with Gasteiger partial charge in [0.25, 0.3) is 0 Å². The average molecular weight is 241 g/mol. The van der Waals surface area contributed by atoms with Crippen molar-refractivity contribution in [2.24, 2.45) is 0 Å². The van der Waals surface area contributed by atoms with Crippen molar-refractivity contribution < 1.29 is 4.79 Å². The van der Waals surface area contributed by atoms with E-state index in [1.165, 1.54) is 0 Å². The molecular weight excluding hydrogens is 224 g/mol. The minimum Gasteiger partial charge on any atom is -0.338 e. The fraction of sp³-hybridized carbons (Fsp3) is 0.417. The summed E-state index contributed by atoms with van der Waals surface area (Å²) in [6, 6.07) is 6.86. The van der Waals surface area contributed by atoms with Crippen molar-refractivity contribution in [3.63, 3.8) is 0 Å². The van der Waals surface area contributed by atoms with E-state index < -0.39 is 0 Å². The zero-order chi connectivity index (χ0) is 11.8. The second-order valence-electron chi connectivity index (χ2n) is 3.59. The Hall–Kier alpha value is -1.22. The van der Waals surface area contributed by atoms with Crippen LogP contribution in [0.2, 0.25) is 5.02 Å². The lowest BCUT2D eigenvalue weighted by molar-refractivity contribution is 0.252. The van der Waals surface area contributed by atoms with Gasteiger partial charge in [-0.2, -0.15) is 0 Å². The van der Waals surface area contributed by atoms with Crippen LogP contribution in [0.25, 0.3) is 0 Å². The van der Waals surface area contributed by atoms with E-state index in [4.69, 9.17) is 11.6 Å². The molecule has 0 bridgehead atoms. The molecule has 0 radical (unpaired) electrons. The molecule has 1 aromatic rings. The molecule has 1 aromatic carbocycles. The number of rotatable bonds is 5. The van der Waals surface area contributed by atoms with Gasteiger partial charge in [0.05, 0.1) is 0 Å². The first kappa shape index (κ1) is 12.8. The van der Waals surface area contributed by atoms with E-state index in [2.05, 4.69) is 17.6 Å². The first-order valence-electron chi connectivity index (χ1n) is 5.53. The molecule has 0 atom stereocenters. The maximum Gasteiger partial charge on any atom is 0.319 e. The molecule has 0 aliphatic rings. The molecule has 1 rings (SSSR count). The highest BCUT2D eigenvalue weighted by atomic mass is 35.5. The van der Waals surface area contributed by atoms with E-state index >= 15 is 0 Å². The van der Waals surface area contributed by atoms with E-state index in [0.717, 1.165) is 24.9 Å². The highest BCUT2D eigenvalue weighted by Crippen LogP contribution is 2.12. The molecule has 16 heavy (non-hydrogen) atoms. The van der Waals surface area contributed by atoms with Crippen LogP contribution >= 0.6 is 11.6 Å². The van der Waals surface area contributed by atoms with Crippen LogP contribution in [0.15, 0.2) is 24.3 Å². The van der Waals surface area contributed by atoms with E-state index in [9.17, 15) is 4.79 Å². The monoisotopic (exact) mass is 240 g/mol.